The van der Waals surface area contributed by atoms with Crippen molar-refractivity contribution in [2.45, 2.75) is 13.3 Å². The Bertz CT molecular complexity index is 89.7. The predicted octanol–water partition coefficient (Wildman–Crippen LogP) is 1.08. The molecular weight excluding hydrogens is 102 g/mol. The molecule has 3 nitrogen and oxygen atoms in total. The van der Waals surface area contributed by atoms with Crippen LogP contribution in [0.15, 0.2) is 10.3 Å². The Morgan fingerprint density at radius 1 is 1.62 bits per heavy atom. The third-order valence-corrected chi connectivity index (χ3v) is 1.13. The molecule has 0 fully saturated rings. The molecule has 0 unspecified atom stereocenters. The molecule has 0 spiro atoms. The van der Waals surface area contributed by atoms with Crippen LogP contribution in [0.1, 0.15) is 13.3 Å². The van der Waals surface area contributed by atoms with Gasteiger partial charge in [-0.25, -0.2) is 0 Å². The van der Waals surface area contributed by atoms with E-state index in [1.165, 1.54) is 6.42 Å². The topological polar surface area (TPSA) is 28.0 Å². The van der Waals surface area contributed by atoms with Crippen molar-refractivity contribution in [1.29, 1.82) is 0 Å². The standard InChI is InChI=1S/C5H11N3/c1-2-4-8-5-3-6-7-8/h2-5H2,1H3. The largest absolute Gasteiger partial charge is 0.277 e. The molecular formula is C5H11N3. The van der Waals surface area contributed by atoms with Crippen LogP contribution in [0.4, 0.5) is 0 Å². The van der Waals surface area contributed by atoms with Gasteiger partial charge in [0.1, 0.15) is 0 Å². The molecule has 1 heterocycles. The molecule has 0 atom stereocenters. The van der Waals surface area contributed by atoms with Gasteiger partial charge in [0.05, 0.1) is 13.1 Å². The maximum Gasteiger partial charge on any atom is 0.0813 e. The lowest BCUT2D eigenvalue weighted by atomic mass is 10.4. The van der Waals surface area contributed by atoms with Crippen molar-refractivity contribution in [3.05, 3.63) is 0 Å². The van der Waals surface area contributed by atoms with Crippen molar-refractivity contribution in [1.82, 2.24) is 5.01 Å². The van der Waals surface area contributed by atoms with E-state index >= 15 is 0 Å². The van der Waals surface area contributed by atoms with Gasteiger partial charge in [0.25, 0.3) is 0 Å². The first-order chi connectivity index (χ1) is 3.93. The minimum atomic E-state index is 0.889. The Morgan fingerprint density at radius 2 is 2.50 bits per heavy atom. The van der Waals surface area contributed by atoms with Crippen LogP contribution < -0.4 is 0 Å². The molecule has 1 aliphatic rings. The van der Waals surface area contributed by atoms with Gasteiger partial charge in [-0.05, 0) is 6.42 Å². The molecule has 46 valence electrons. The summed E-state index contributed by atoms with van der Waals surface area (Å²) in [6.07, 6.45) is 1.17. The smallest absolute Gasteiger partial charge is 0.0813 e. The maximum absolute atomic E-state index is 3.88. The van der Waals surface area contributed by atoms with Crippen LogP contribution >= 0.6 is 0 Å². The van der Waals surface area contributed by atoms with Gasteiger partial charge in [-0.1, -0.05) is 12.1 Å². The molecule has 3 heteroatoms. The summed E-state index contributed by atoms with van der Waals surface area (Å²) in [6, 6.07) is 0. The second kappa shape index (κ2) is 2.64. The van der Waals surface area contributed by atoms with E-state index in [9.17, 15) is 0 Å². The van der Waals surface area contributed by atoms with Gasteiger partial charge in [-0.15, -0.1) is 0 Å². The summed E-state index contributed by atoms with van der Waals surface area (Å²) in [4.78, 5) is 0. The summed E-state index contributed by atoms with van der Waals surface area (Å²) in [5.74, 6) is 0. The molecule has 0 aliphatic carbocycles. The summed E-state index contributed by atoms with van der Waals surface area (Å²) < 4.78 is 0. The number of nitrogens with zero attached hydrogens (tertiary/aromatic N) is 3. The Balaban J connectivity index is 2.16. The van der Waals surface area contributed by atoms with Gasteiger partial charge in [0, 0.05) is 6.54 Å². The minimum Gasteiger partial charge on any atom is -0.277 e. The van der Waals surface area contributed by atoms with Crippen molar-refractivity contribution >= 4 is 0 Å². The van der Waals surface area contributed by atoms with E-state index in [-0.39, 0.29) is 0 Å². The molecule has 0 saturated carbocycles. The highest BCUT2D eigenvalue weighted by molar-refractivity contribution is 4.55. The SMILES string of the molecule is CCCN1CCN=N1. The summed E-state index contributed by atoms with van der Waals surface area (Å²) >= 11 is 0. The van der Waals surface area contributed by atoms with E-state index in [1.54, 1.807) is 0 Å². The van der Waals surface area contributed by atoms with Gasteiger partial charge < -0.3 is 0 Å². The molecule has 0 aromatic rings. The first-order valence-electron chi connectivity index (χ1n) is 3.06. The number of hydrogen-bond donors (Lipinski definition) is 0. The monoisotopic (exact) mass is 113 g/mol. The third-order valence-electron chi connectivity index (χ3n) is 1.13. The van der Waals surface area contributed by atoms with Crippen LogP contribution in [0.5, 0.6) is 0 Å². The fourth-order valence-electron chi connectivity index (χ4n) is 0.754. The molecule has 8 heavy (non-hydrogen) atoms. The minimum absolute atomic E-state index is 0.889. The van der Waals surface area contributed by atoms with Crippen molar-refractivity contribution in [2.24, 2.45) is 10.3 Å². The molecule has 0 bridgehead atoms. The average molecular weight is 113 g/mol. The molecule has 0 saturated heterocycles. The average Bonchev–Trinajstić information content (AvgIpc) is 2.19. The number of rotatable bonds is 2. The zero-order valence-electron chi connectivity index (χ0n) is 5.17. The van der Waals surface area contributed by atoms with Gasteiger partial charge >= 0.3 is 0 Å². The fourth-order valence-corrected chi connectivity index (χ4v) is 0.754. The van der Waals surface area contributed by atoms with E-state index in [4.69, 9.17) is 0 Å². The van der Waals surface area contributed by atoms with E-state index in [0.717, 1.165) is 19.6 Å². The molecule has 0 amide bonds. The zero-order valence-corrected chi connectivity index (χ0v) is 5.17. The first kappa shape index (κ1) is 5.54. The van der Waals surface area contributed by atoms with E-state index in [1.807, 2.05) is 5.01 Å². The molecule has 0 N–H and O–H groups in total. The van der Waals surface area contributed by atoms with Crippen LogP contribution in [0, 0.1) is 0 Å². The molecule has 0 aromatic heterocycles. The Kier molecular flexibility index (Phi) is 1.83. The molecule has 0 radical (unpaired) electrons. The van der Waals surface area contributed by atoms with E-state index in [0.29, 0.717) is 0 Å². The highest BCUT2D eigenvalue weighted by Gasteiger charge is 2.02. The van der Waals surface area contributed by atoms with E-state index < -0.39 is 0 Å². The third kappa shape index (κ3) is 1.18. The van der Waals surface area contributed by atoms with Crippen LogP contribution in [0.3, 0.4) is 0 Å². The lowest BCUT2D eigenvalue weighted by Crippen LogP contribution is -2.15. The number of hydrogen-bond acceptors (Lipinski definition) is 3. The Morgan fingerprint density at radius 3 is 3.00 bits per heavy atom. The van der Waals surface area contributed by atoms with Crippen molar-refractivity contribution in [3.63, 3.8) is 0 Å². The summed E-state index contributed by atoms with van der Waals surface area (Å²) in [7, 11) is 0. The van der Waals surface area contributed by atoms with Crippen LogP contribution in [-0.4, -0.2) is 24.6 Å². The van der Waals surface area contributed by atoms with Crippen molar-refractivity contribution in [3.8, 4) is 0 Å². The molecule has 1 rings (SSSR count). The van der Waals surface area contributed by atoms with Gasteiger partial charge in [-0.2, -0.15) is 5.11 Å². The van der Waals surface area contributed by atoms with Crippen molar-refractivity contribution < 1.29 is 0 Å². The summed E-state index contributed by atoms with van der Waals surface area (Å²) in [5.41, 5.74) is 0. The summed E-state index contributed by atoms with van der Waals surface area (Å²) in [6.45, 7) is 5.12. The van der Waals surface area contributed by atoms with Gasteiger partial charge in [0.2, 0.25) is 0 Å². The van der Waals surface area contributed by atoms with Crippen LogP contribution in [0.2, 0.25) is 0 Å². The zero-order chi connectivity index (χ0) is 5.82. The van der Waals surface area contributed by atoms with Crippen molar-refractivity contribution in [2.75, 3.05) is 19.6 Å². The predicted molar refractivity (Wildman–Crippen MR) is 31.6 cm³/mol. The normalized spacial score (nSPS) is 17.9. The second-order valence-corrected chi connectivity index (χ2v) is 1.91. The highest BCUT2D eigenvalue weighted by atomic mass is 15.6. The maximum atomic E-state index is 3.88. The van der Waals surface area contributed by atoms with E-state index in [2.05, 4.69) is 17.3 Å². The van der Waals surface area contributed by atoms with Gasteiger partial charge in [-0.3, -0.25) is 5.01 Å². The Labute approximate surface area is 49.4 Å². The fraction of sp³-hybridized carbons (Fsp3) is 1.00. The Hall–Kier alpha value is -0.600. The van der Waals surface area contributed by atoms with Crippen LogP contribution in [0.25, 0.3) is 0 Å². The molecule has 1 aliphatic heterocycles. The van der Waals surface area contributed by atoms with Crippen LogP contribution in [-0.2, 0) is 0 Å². The van der Waals surface area contributed by atoms with Gasteiger partial charge in [0.15, 0.2) is 0 Å². The summed E-state index contributed by atoms with van der Waals surface area (Å²) in [5, 5.41) is 9.72. The quantitative estimate of drug-likeness (QED) is 0.526. The first-order valence-corrected chi connectivity index (χ1v) is 3.06. The second-order valence-electron chi connectivity index (χ2n) is 1.91. The molecule has 0 aromatic carbocycles. The lowest BCUT2D eigenvalue weighted by molar-refractivity contribution is 0.320. The highest BCUT2D eigenvalue weighted by Crippen LogP contribution is 1.99. The lowest BCUT2D eigenvalue weighted by Gasteiger charge is -2.07.